The van der Waals surface area contributed by atoms with E-state index < -0.39 is 0 Å². The van der Waals surface area contributed by atoms with Gasteiger partial charge in [-0.05, 0) is 5.56 Å². The van der Waals surface area contributed by atoms with Crippen molar-refractivity contribution in [3.8, 4) is 0 Å². The summed E-state index contributed by atoms with van der Waals surface area (Å²) in [5.41, 5.74) is 2.50. The molecule has 0 unspecified atom stereocenters. The predicted molar refractivity (Wildman–Crippen MR) is 85.2 cm³/mol. The Kier molecular flexibility index (Phi) is 4.36. The van der Waals surface area contributed by atoms with Crippen LogP contribution in [-0.2, 0) is 18.0 Å². The predicted octanol–water partition coefficient (Wildman–Crippen LogP) is 5.01. The fraction of sp³-hybridized carbons (Fsp3) is 0.133. The zero-order valence-electron chi connectivity index (χ0n) is 10.9. The van der Waals surface area contributed by atoms with Crippen molar-refractivity contribution in [2.24, 2.45) is 0 Å². The molecule has 0 atom stereocenters. The molecule has 3 rings (SSSR count). The molecule has 3 aromatic rings. The summed E-state index contributed by atoms with van der Waals surface area (Å²) >= 11 is 18.2. The highest BCUT2D eigenvalue weighted by Crippen LogP contribution is 2.27. The SMILES string of the molecule is Clc1cc2nc(Cl)c(COCc3ccccc3)n2cc1Cl. The van der Waals surface area contributed by atoms with Crippen LogP contribution in [0.4, 0.5) is 0 Å². The Bertz CT molecular complexity index is 771. The van der Waals surface area contributed by atoms with Crippen molar-refractivity contribution in [1.82, 2.24) is 9.38 Å². The highest BCUT2D eigenvalue weighted by molar-refractivity contribution is 6.42. The number of rotatable bonds is 4. The Morgan fingerprint density at radius 3 is 2.52 bits per heavy atom. The topological polar surface area (TPSA) is 26.5 Å². The fourth-order valence-corrected chi connectivity index (χ4v) is 2.56. The molecule has 0 fully saturated rings. The van der Waals surface area contributed by atoms with Gasteiger partial charge in [-0.25, -0.2) is 4.98 Å². The van der Waals surface area contributed by atoms with E-state index in [1.807, 2.05) is 30.3 Å². The smallest absolute Gasteiger partial charge is 0.153 e. The summed E-state index contributed by atoms with van der Waals surface area (Å²) in [7, 11) is 0. The minimum Gasteiger partial charge on any atom is -0.370 e. The van der Waals surface area contributed by atoms with Gasteiger partial charge in [0.05, 0.1) is 29.0 Å². The Morgan fingerprint density at radius 2 is 1.76 bits per heavy atom. The molecule has 0 spiro atoms. The molecule has 21 heavy (non-hydrogen) atoms. The van der Waals surface area contributed by atoms with Crippen LogP contribution in [0.15, 0.2) is 42.6 Å². The third-order valence-corrected chi connectivity index (χ3v) is 4.08. The molecule has 108 valence electrons. The minimum absolute atomic E-state index is 0.340. The van der Waals surface area contributed by atoms with Gasteiger partial charge < -0.3 is 4.74 Å². The number of benzene rings is 1. The molecule has 0 aliphatic carbocycles. The standard InChI is InChI=1S/C15H11Cl3N2O/c16-11-6-14-19-15(18)13(20(14)7-12(11)17)9-21-8-10-4-2-1-3-5-10/h1-7H,8-9H2. The summed E-state index contributed by atoms with van der Waals surface area (Å²) < 4.78 is 7.49. The summed E-state index contributed by atoms with van der Waals surface area (Å²) in [5, 5.41) is 1.28. The van der Waals surface area contributed by atoms with E-state index in [1.165, 1.54) is 0 Å². The number of pyridine rings is 1. The number of aromatic nitrogens is 2. The highest BCUT2D eigenvalue weighted by atomic mass is 35.5. The summed E-state index contributed by atoms with van der Waals surface area (Å²) in [6.07, 6.45) is 1.69. The molecule has 0 N–H and O–H groups in total. The summed E-state index contributed by atoms with van der Waals surface area (Å²) in [5.74, 6) is 0. The molecule has 0 saturated heterocycles. The number of imidazole rings is 1. The first-order valence-corrected chi connectivity index (χ1v) is 7.41. The molecular formula is C15H11Cl3N2O. The van der Waals surface area contributed by atoms with Gasteiger partial charge in [-0.3, -0.25) is 4.40 Å². The highest BCUT2D eigenvalue weighted by Gasteiger charge is 2.12. The van der Waals surface area contributed by atoms with Crippen molar-refractivity contribution in [2.45, 2.75) is 13.2 Å². The third-order valence-electron chi connectivity index (χ3n) is 3.07. The molecule has 6 heteroatoms. The van der Waals surface area contributed by atoms with Gasteiger partial charge in [0.1, 0.15) is 5.65 Å². The summed E-state index contributed by atoms with van der Waals surface area (Å²) in [6.45, 7) is 0.846. The van der Waals surface area contributed by atoms with Gasteiger partial charge in [0, 0.05) is 12.3 Å². The van der Waals surface area contributed by atoms with Crippen LogP contribution in [-0.4, -0.2) is 9.38 Å². The molecule has 0 aliphatic heterocycles. The zero-order chi connectivity index (χ0) is 14.8. The van der Waals surface area contributed by atoms with E-state index in [-0.39, 0.29) is 0 Å². The van der Waals surface area contributed by atoms with E-state index >= 15 is 0 Å². The molecule has 0 bridgehead atoms. The van der Waals surface area contributed by atoms with Crippen molar-refractivity contribution in [3.63, 3.8) is 0 Å². The molecular weight excluding hydrogens is 331 g/mol. The van der Waals surface area contributed by atoms with Crippen molar-refractivity contribution >= 4 is 40.4 Å². The van der Waals surface area contributed by atoms with Gasteiger partial charge in [-0.2, -0.15) is 0 Å². The number of hydrogen-bond acceptors (Lipinski definition) is 2. The molecule has 0 aliphatic rings. The van der Waals surface area contributed by atoms with Gasteiger partial charge >= 0.3 is 0 Å². The van der Waals surface area contributed by atoms with Crippen LogP contribution in [0, 0.1) is 0 Å². The number of halogens is 3. The minimum atomic E-state index is 0.340. The van der Waals surface area contributed by atoms with Crippen LogP contribution in [0.2, 0.25) is 15.2 Å². The van der Waals surface area contributed by atoms with Gasteiger partial charge in [-0.1, -0.05) is 65.1 Å². The van der Waals surface area contributed by atoms with Crippen LogP contribution in [0.3, 0.4) is 0 Å². The van der Waals surface area contributed by atoms with Gasteiger partial charge in [-0.15, -0.1) is 0 Å². The number of ether oxygens (including phenoxy) is 1. The largest absolute Gasteiger partial charge is 0.370 e. The van der Waals surface area contributed by atoms with Crippen LogP contribution in [0.1, 0.15) is 11.3 Å². The Hall–Kier alpha value is -1.26. The van der Waals surface area contributed by atoms with E-state index in [9.17, 15) is 0 Å². The van der Waals surface area contributed by atoms with Crippen LogP contribution in [0.5, 0.6) is 0 Å². The molecule has 3 nitrogen and oxygen atoms in total. The van der Waals surface area contributed by atoms with Gasteiger partial charge in [0.2, 0.25) is 0 Å². The second-order valence-corrected chi connectivity index (χ2v) is 5.70. The number of fused-ring (bicyclic) bond motifs is 1. The average molecular weight is 342 g/mol. The van der Waals surface area contributed by atoms with E-state index in [1.54, 1.807) is 16.7 Å². The van der Waals surface area contributed by atoms with Crippen molar-refractivity contribution < 1.29 is 4.74 Å². The summed E-state index contributed by atoms with van der Waals surface area (Å²) in [4.78, 5) is 4.25. The quantitative estimate of drug-likeness (QED) is 0.666. The normalized spacial score (nSPS) is 11.2. The van der Waals surface area contributed by atoms with Crippen molar-refractivity contribution in [1.29, 1.82) is 0 Å². The summed E-state index contributed by atoms with van der Waals surface area (Å²) in [6, 6.07) is 11.6. The van der Waals surface area contributed by atoms with E-state index in [0.717, 1.165) is 11.3 Å². The van der Waals surface area contributed by atoms with Crippen LogP contribution >= 0.6 is 34.8 Å². The van der Waals surface area contributed by atoms with E-state index in [0.29, 0.717) is 34.1 Å². The van der Waals surface area contributed by atoms with Crippen molar-refractivity contribution in [3.05, 3.63) is 69.1 Å². The fourth-order valence-electron chi connectivity index (χ4n) is 2.03. The maximum Gasteiger partial charge on any atom is 0.153 e. The number of nitrogens with zero attached hydrogens (tertiary/aromatic N) is 2. The van der Waals surface area contributed by atoms with Crippen LogP contribution < -0.4 is 0 Å². The second-order valence-electron chi connectivity index (χ2n) is 4.53. The lowest BCUT2D eigenvalue weighted by molar-refractivity contribution is 0.104. The van der Waals surface area contributed by atoms with E-state index in [4.69, 9.17) is 39.5 Å². The zero-order valence-corrected chi connectivity index (χ0v) is 13.2. The van der Waals surface area contributed by atoms with Crippen molar-refractivity contribution in [2.75, 3.05) is 0 Å². The van der Waals surface area contributed by atoms with Gasteiger partial charge in [0.15, 0.2) is 5.15 Å². The third kappa shape index (κ3) is 3.16. The first-order chi connectivity index (χ1) is 10.1. The Labute approximate surface area is 137 Å². The maximum absolute atomic E-state index is 6.16. The molecule has 0 radical (unpaired) electrons. The molecule has 2 heterocycles. The second kappa shape index (κ2) is 6.24. The molecule has 1 aromatic carbocycles. The van der Waals surface area contributed by atoms with E-state index in [2.05, 4.69) is 4.98 Å². The number of hydrogen-bond donors (Lipinski definition) is 0. The lowest BCUT2D eigenvalue weighted by Crippen LogP contribution is -1.98. The maximum atomic E-state index is 6.16. The van der Waals surface area contributed by atoms with Crippen LogP contribution in [0.25, 0.3) is 5.65 Å². The first kappa shape index (κ1) is 14.7. The lowest BCUT2D eigenvalue weighted by Gasteiger charge is -2.06. The Morgan fingerprint density at radius 1 is 1.00 bits per heavy atom. The lowest BCUT2D eigenvalue weighted by atomic mass is 10.2. The monoisotopic (exact) mass is 340 g/mol. The Balaban J connectivity index is 1.80. The molecule has 0 amide bonds. The van der Waals surface area contributed by atoms with Gasteiger partial charge in [0.25, 0.3) is 0 Å². The average Bonchev–Trinajstić information content (AvgIpc) is 2.76. The molecule has 2 aromatic heterocycles. The first-order valence-electron chi connectivity index (χ1n) is 6.28. The molecule has 0 saturated carbocycles.